The Labute approximate surface area is 129 Å². The molecule has 1 aliphatic heterocycles. The van der Waals surface area contributed by atoms with Crippen molar-refractivity contribution in [2.24, 2.45) is 0 Å². The van der Waals surface area contributed by atoms with Crippen LogP contribution in [-0.2, 0) is 12.8 Å². The second-order valence-corrected chi connectivity index (χ2v) is 19.3. The summed E-state index contributed by atoms with van der Waals surface area (Å²) in [5.74, 6) is 0. The topological polar surface area (TPSA) is 0 Å². The van der Waals surface area contributed by atoms with Gasteiger partial charge in [0, 0.05) is 0 Å². The summed E-state index contributed by atoms with van der Waals surface area (Å²) in [4.78, 5) is 5.16. The summed E-state index contributed by atoms with van der Waals surface area (Å²) in [5, 5.41) is 3.21. The molecule has 0 atom stereocenters. The molecule has 2 aliphatic rings. The molecule has 0 radical (unpaired) electrons. The molecule has 0 saturated heterocycles. The summed E-state index contributed by atoms with van der Waals surface area (Å²) < 4.78 is 3.38. The third-order valence-corrected chi connectivity index (χ3v) is 15.7. The molecule has 0 spiro atoms. The maximum atomic E-state index is 2.58. The summed E-state index contributed by atoms with van der Waals surface area (Å²) in [6.45, 7) is 0. The monoisotopic (exact) mass is 378 g/mol. The van der Waals surface area contributed by atoms with Gasteiger partial charge in [0.05, 0.1) is 0 Å². The molecule has 1 aliphatic carbocycles. The third kappa shape index (κ3) is 1.42. The number of benzene rings is 3. The van der Waals surface area contributed by atoms with Crippen LogP contribution in [0.25, 0.3) is 21.9 Å². The van der Waals surface area contributed by atoms with Gasteiger partial charge in [0.15, 0.2) is 0 Å². The Morgan fingerprint density at radius 1 is 0.667 bits per heavy atom. The van der Waals surface area contributed by atoms with Gasteiger partial charge in [-0.1, -0.05) is 0 Å². The van der Waals surface area contributed by atoms with Crippen LogP contribution < -0.4 is 7.16 Å². The predicted molar refractivity (Wildman–Crippen MR) is 93.5 cm³/mol. The van der Waals surface area contributed by atoms with Crippen molar-refractivity contribution in [1.29, 1.82) is 0 Å². The third-order valence-electron chi connectivity index (χ3n) is 5.56. The standard InChI is InChI=1S/C18H12.2CH3.Sn/c1-2-5-13(6-3-1)16-12-11-15-10-9-14-7-4-8-17(16)18(14)15;;;/h1-5,7,11-12H,9-10H2;2*1H3;. The van der Waals surface area contributed by atoms with E-state index in [0.29, 0.717) is 0 Å². The van der Waals surface area contributed by atoms with E-state index in [1.165, 1.54) is 24.0 Å². The Kier molecular flexibility index (Phi) is 2.29. The zero-order valence-corrected chi connectivity index (χ0v) is 15.4. The SMILES string of the molecule is [CH3][Sn]1([CH3])[c]2ccccc2-c2ccc3c4c(cc[c]1c24)CC3. The van der Waals surface area contributed by atoms with Crippen LogP contribution in [0.15, 0.2) is 48.5 Å². The average molecular weight is 377 g/mol. The molecule has 102 valence electrons. The van der Waals surface area contributed by atoms with E-state index in [2.05, 4.69) is 58.4 Å². The fraction of sp³-hybridized carbons (Fsp3) is 0.200. The Morgan fingerprint density at radius 2 is 1.38 bits per heavy atom. The number of hydrogen-bond acceptors (Lipinski definition) is 0. The van der Waals surface area contributed by atoms with Crippen LogP contribution in [0.3, 0.4) is 0 Å². The van der Waals surface area contributed by atoms with Crippen molar-refractivity contribution in [2.75, 3.05) is 0 Å². The summed E-state index contributed by atoms with van der Waals surface area (Å²) in [6, 6.07) is 18.8. The van der Waals surface area contributed by atoms with Crippen LogP contribution in [0.4, 0.5) is 0 Å². The molecular formula is C20H18Sn. The van der Waals surface area contributed by atoms with Gasteiger partial charge in [-0.2, -0.15) is 0 Å². The van der Waals surface area contributed by atoms with Crippen LogP contribution in [0.5, 0.6) is 0 Å². The molecular weight excluding hydrogens is 359 g/mol. The first-order valence-electron chi connectivity index (χ1n) is 7.86. The molecule has 0 saturated carbocycles. The Hall–Kier alpha value is -1.28. The molecule has 0 fully saturated rings. The van der Waals surface area contributed by atoms with Crippen LogP contribution >= 0.6 is 0 Å². The minimum absolute atomic E-state index is 1.23. The van der Waals surface area contributed by atoms with E-state index < -0.39 is 18.4 Å². The molecule has 0 nitrogen and oxygen atoms in total. The molecule has 0 N–H and O–H groups in total. The van der Waals surface area contributed by atoms with Crippen LogP contribution in [0.1, 0.15) is 11.1 Å². The fourth-order valence-corrected chi connectivity index (χ4v) is 13.3. The zero-order valence-electron chi connectivity index (χ0n) is 12.5. The molecule has 0 bridgehead atoms. The van der Waals surface area contributed by atoms with Gasteiger partial charge in [0.2, 0.25) is 0 Å². The zero-order chi connectivity index (χ0) is 14.2. The van der Waals surface area contributed by atoms with Gasteiger partial charge in [-0.25, -0.2) is 0 Å². The van der Waals surface area contributed by atoms with E-state index in [0.717, 1.165) is 0 Å². The van der Waals surface area contributed by atoms with Crippen LogP contribution in [-0.4, -0.2) is 18.4 Å². The first-order chi connectivity index (χ1) is 10.2. The van der Waals surface area contributed by atoms with E-state index in [1.807, 2.05) is 0 Å². The molecule has 0 unspecified atom stereocenters. The maximum absolute atomic E-state index is 2.58. The molecule has 1 heterocycles. The molecule has 21 heavy (non-hydrogen) atoms. The number of fused-ring (bicyclic) bond motifs is 2. The van der Waals surface area contributed by atoms with E-state index in [4.69, 9.17) is 0 Å². The molecule has 3 aromatic carbocycles. The van der Waals surface area contributed by atoms with Crippen molar-refractivity contribution in [3.8, 4) is 11.1 Å². The Balaban J connectivity index is 2.07. The van der Waals surface area contributed by atoms with Crippen molar-refractivity contribution in [1.82, 2.24) is 0 Å². The number of rotatable bonds is 0. The van der Waals surface area contributed by atoms with E-state index in [1.54, 1.807) is 29.1 Å². The van der Waals surface area contributed by atoms with Crippen LogP contribution in [0, 0.1) is 0 Å². The Bertz CT molecular complexity index is 908. The van der Waals surface area contributed by atoms with Crippen molar-refractivity contribution in [3.05, 3.63) is 59.7 Å². The normalized spacial score (nSPS) is 17.0. The summed E-state index contributed by atoms with van der Waals surface area (Å²) in [7, 11) is 0. The van der Waals surface area contributed by atoms with Crippen molar-refractivity contribution in [2.45, 2.75) is 22.7 Å². The molecule has 0 amide bonds. The van der Waals surface area contributed by atoms with Gasteiger partial charge in [-0.05, 0) is 0 Å². The van der Waals surface area contributed by atoms with E-state index in [9.17, 15) is 0 Å². The van der Waals surface area contributed by atoms with Gasteiger partial charge in [-0.3, -0.25) is 0 Å². The molecule has 1 heteroatoms. The van der Waals surface area contributed by atoms with Gasteiger partial charge in [0.1, 0.15) is 0 Å². The predicted octanol–water partition coefficient (Wildman–Crippen LogP) is 3.74. The molecule has 0 aromatic heterocycles. The summed E-state index contributed by atoms with van der Waals surface area (Å²) >= 11 is -2.43. The van der Waals surface area contributed by atoms with Gasteiger partial charge < -0.3 is 0 Å². The summed E-state index contributed by atoms with van der Waals surface area (Å²) in [6.07, 6.45) is 2.46. The number of hydrogen-bond donors (Lipinski definition) is 0. The van der Waals surface area contributed by atoms with E-state index >= 15 is 0 Å². The van der Waals surface area contributed by atoms with Crippen molar-refractivity contribution in [3.63, 3.8) is 0 Å². The van der Waals surface area contributed by atoms with Crippen molar-refractivity contribution >= 4 is 36.3 Å². The first kappa shape index (κ1) is 12.3. The molecule has 5 rings (SSSR count). The quantitative estimate of drug-likeness (QED) is 0.524. The van der Waals surface area contributed by atoms with Gasteiger partial charge >= 0.3 is 130 Å². The van der Waals surface area contributed by atoms with Gasteiger partial charge in [-0.15, -0.1) is 0 Å². The summed E-state index contributed by atoms with van der Waals surface area (Å²) in [5.41, 5.74) is 6.15. The van der Waals surface area contributed by atoms with Crippen LogP contribution in [0.2, 0.25) is 9.88 Å². The second kappa shape index (κ2) is 3.92. The average Bonchev–Trinajstić information content (AvgIpc) is 2.92. The Morgan fingerprint density at radius 3 is 2.19 bits per heavy atom. The van der Waals surface area contributed by atoms with Crippen molar-refractivity contribution < 1.29 is 0 Å². The second-order valence-electron chi connectivity index (χ2n) is 6.97. The minimum atomic E-state index is -2.43. The first-order valence-corrected chi connectivity index (χ1v) is 16.4. The fourth-order valence-electron chi connectivity index (χ4n) is 4.48. The number of aryl methyl sites for hydroxylation is 2. The molecule has 3 aromatic rings. The van der Waals surface area contributed by atoms with Gasteiger partial charge in [0.25, 0.3) is 0 Å². The van der Waals surface area contributed by atoms with E-state index in [-0.39, 0.29) is 0 Å².